The summed E-state index contributed by atoms with van der Waals surface area (Å²) >= 11 is 7.20. The molecule has 9 heteroatoms. The lowest BCUT2D eigenvalue weighted by atomic mass is 10.2. The molecule has 1 fully saturated rings. The second kappa shape index (κ2) is 11.3. The fourth-order valence-corrected chi connectivity index (χ4v) is 4.66. The van der Waals surface area contributed by atoms with Crippen LogP contribution in [-0.4, -0.2) is 41.4 Å². The number of aliphatic imine (C=N–C) groups is 1. The van der Waals surface area contributed by atoms with E-state index in [1.54, 1.807) is 67.7 Å². The Hall–Kier alpha value is -3.49. The van der Waals surface area contributed by atoms with Gasteiger partial charge < -0.3 is 14.8 Å². The summed E-state index contributed by atoms with van der Waals surface area (Å²) in [6.45, 7) is 0.330. The van der Waals surface area contributed by atoms with Crippen LogP contribution >= 0.6 is 23.4 Å². The molecule has 7 nitrogen and oxygen atoms in total. The van der Waals surface area contributed by atoms with Gasteiger partial charge in [0.15, 0.2) is 5.17 Å². The minimum absolute atomic E-state index is 0.0574. The molecule has 1 heterocycles. The van der Waals surface area contributed by atoms with E-state index in [9.17, 15) is 9.59 Å². The Bertz CT molecular complexity index is 1210. The van der Waals surface area contributed by atoms with E-state index in [1.807, 2.05) is 24.3 Å². The molecule has 1 N–H and O–H groups in total. The third-order valence-electron chi connectivity index (χ3n) is 5.34. The van der Waals surface area contributed by atoms with Crippen molar-refractivity contribution >= 4 is 51.7 Å². The summed E-state index contributed by atoms with van der Waals surface area (Å²) in [6.07, 6.45) is 0.0574. The van der Waals surface area contributed by atoms with Crippen molar-refractivity contribution in [2.45, 2.75) is 18.2 Å². The van der Waals surface area contributed by atoms with Gasteiger partial charge in [-0.15, -0.1) is 0 Å². The lowest BCUT2D eigenvalue weighted by Crippen LogP contribution is -2.44. The third-order valence-corrected chi connectivity index (χ3v) is 6.78. The Kier molecular flexibility index (Phi) is 7.94. The minimum Gasteiger partial charge on any atom is -0.497 e. The number of methoxy groups -OCH3 is 2. The SMILES string of the molecule is COc1ccc(CN2C(=O)CC(C(=O)Nc3ccc(Cl)cc3)SC2=Nc2ccc(OC)cc2)cc1. The first-order chi connectivity index (χ1) is 16.9. The summed E-state index contributed by atoms with van der Waals surface area (Å²) in [5.74, 6) is 0.996. The van der Waals surface area contributed by atoms with Crippen molar-refractivity contribution < 1.29 is 19.1 Å². The summed E-state index contributed by atoms with van der Waals surface area (Å²) in [4.78, 5) is 32.5. The molecule has 3 aromatic carbocycles. The molecule has 0 bridgehead atoms. The van der Waals surface area contributed by atoms with E-state index < -0.39 is 5.25 Å². The number of anilines is 1. The molecule has 1 aliphatic rings. The summed E-state index contributed by atoms with van der Waals surface area (Å²) in [5, 5.41) is 3.27. The van der Waals surface area contributed by atoms with Gasteiger partial charge in [-0.1, -0.05) is 35.5 Å². The van der Waals surface area contributed by atoms with Crippen LogP contribution in [0.5, 0.6) is 11.5 Å². The van der Waals surface area contributed by atoms with Crippen molar-refractivity contribution in [1.29, 1.82) is 0 Å². The van der Waals surface area contributed by atoms with Crippen LogP contribution in [0.15, 0.2) is 77.8 Å². The van der Waals surface area contributed by atoms with Crippen LogP contribution in [0.3, 0.4) is 0 Å². The normalized spacial score (nSPS) is 16.8. The molecular weight excluding hydrogens is 486 g/mol. The number of hydrogen-bond donors (Lipinski definition) is 1. The quantitative estimate of drug-likeness (QED) is 0.453. The van der Waals surface area contributed by atoms with Crippen LogP contribution in [0.1, 0.15) is 12.0 Å². The molecule has 4 rings (SSSR count). The van der Waals surface area contributed by atoms with Crippen LogP contribution in [0.25, 0.3) is 0 Å². The van der Waals surface area contributed by atoms with Crippen molar-refractivity contribution in [2.24, 2.45) is 4.99 Å². The number of carbonyl (C=O) groups excluding carboxylic acids is 2. The number of ether oxygens (including phenoxy) is 2. The largest absolute Gasteiger partial charge is 0.497 e. The molecule has 0 saturated carbocycles. The number of amidine groups is 1. The maximum Gasteiger partial charge on any atom is 0.238 e. The minimum atomic E-state index is -0.623. The van der Waals surface area contributed by atoms with Crippen LogP contribution < -0.4 is 14.8 Å². The number of amides is 2. The molecule has 2 amide bonds. The zero-order valence-corrected chi connectivity index (χ0v) is 20.8. The third kappa shape index (κ3) is 6.35. The Labute approximate surface area is 213 Å². The molecule has 1 aliphatic heterocycles. The number of thioether (sulfide) groups is 1. The Morgan fingerprint density at radius 2 is 1.60 bits per heavy atom. The number of halogens is 1. The van der Waals surface area contributed by atoms with Crippen LogP contribution in [-0.2, 0) is 16.1 Å². The molecule has 3 aromatic rings. The van der Waals surface area contributed by atoms with Crippen molar-refractivity contribution in [1.82, 2.24) is 4.90 Å². The molecule has 1 atom stereocenters. The van der Waals surface area contributed by atoms with Gasteiger partial charge in [0.25, 0.3) is 0 Å². The molecule has 0 spiro atoms. The van der Waals surface area contributed by atoms with Gasteiger partial charge in [0.1, 0.15) is 16.7 Å². The van der Waals surface area contributed by atoms with E-state index in [2.05, 4.69) is 5.32 Å². The van der Waals surface area contributed by atoms with Gasteiger partial charge in [0, 0.05) is 17.1 Å². The first kappa shape index (κ1) is 24.6. The first-order valence-corrected chi connectivity index (χ1v) is 12.1. The standard InChI is InChI=1S/C26H24ClN3O4S/c1-33-21-11-3-17(4-12-21)16-30-24(31)15-23(25(32)28-19-7-5-18(27)6-8-19)35-26(30)29-20-9-13-22(34-2)14-10-20/h3-14,23H,15-16H2,1-2H3,(H,28,32). The molecule has 180 valence electrons. The van der Waals surface area contributed by atoms with Gasteiger partial charge in [-0.3, -0.25) is 14.5 Å². The lowest BCUT2D eigenvalue weighted by Gasteiger charge is -2.32. The maximum atomic E-state index is 13.2. The lowest BCUT2D eigenvalue weighted by molar-refractivity contribution is -0.129. The molecule has 1 saturated heterocycles. The van der Waals surface area contributed by atoms with Crippen LogP contribution in [0.2, 0.25) is 5.02 Å². The van der Waals surface area contributed by atoms with Gasteiger partial charge in [-0.2, -0.15) is 0 Å². The van der Waals surface area contributed by atoms with E-state index in [4.69, 9.17) is 26.1 Å². The smallest absolute Gasteiger partial charge is 0.238 e. The Morgan fingerprint density at radius 1 is 1.00 bits per heavy atom. The van der Waals surface area contributed by atoms with Gasteiger partial charge in [0.05, 0.1) is 26.5 Å². The molecule has 35 heavy (non-hydrogen) atoms. The highest BCUT2D eigenvalue weighted by atomic mass is 35.5. The highest BCUT2D eigenvalue weighted by Gasteiger charge is 2.36. The van der Waals surface area contributed by atoms with E-state index in [1.165, 1.54) is 11.8 Å². The molecule has 0 radical (unpaired) electrons. The second-order valence-corrected chi connectivity index (χ2v) is 9.33. The summed E-state index contributed by atoms with van der Waals surface area (Å²) in [6, 6.07) is 21.5. The predicted octanol–water partition coefficient (Wildman–Crippen LogP) is 5.52. The average molecular weight is 510 g/mol. The highest BCUT2D eigenvalue weighted by molar-refractivity contribution is 8.15. The van der Waals surface area contributed by atoms with Gasteiger partial charge >= 0.3 is 0 Å². The van der Waals surface area contributed by atoms with Crippen LogP contribution in [0, 0.1) is 0 Å². The van der Waals surface area contributed by atoms with Crippen molar-refractivity contribution in [3.63, 3.8) is 0 Å². The number of nitrogens with zero attached hydrogens (tertiary/aromatic N) is 2. The van der Waals surface area contributed by atoms with E-state index in [0.717, 1.165) is 11.3 Å². The topological polar surface area (TPSA) is 80.2 Å². The maximum absolute atomic E-state index is 13.2. The van der Waals surface area contributed by atoms with E-state index in [-0.39, 0.29) is 18.2 Å². The Balaban J connectivity index is 1.58. The van der Waals surface area contributed by atoms with Crippen molar-refractivity contribution in [3.05, 3.63) is 83.4 Å². The summed E-state index contributed by atoms with van der Waals surface area (Å²) in [5.41, 5.74) is 2.19. The number of hydrogen-bond acceptors (Lipinski definition) is 6. The second-order valence-electron chi connectivity index (χ2n) is 7.73. The van der Waals surface area contributed by atoms with Crippen molar-refractivity contribution in [3.8, 4) is 11.5 Å². The summed E-state index contributed by atoms with van der Waals surface area (Å²) < 4.78 is 10.4. The van der Waals surface area contributed by atoms with Gasteiger partial charge in [-0.25, -0.2) is 4.99 Å². The molecule has 1 unspecified atom stereocenters. The Morgan fingerprint density at radius 3 is 2.20 bits per heavy atom. The molecular formula is C26H24ClN3O4S. The number of rotatable bonds is 7. The van der Waals surface area contributed by atoms with E-state index in [0.29, 0.717) is 33.9 Å². The zero-order chi connectivity index (χ0) is 24.8. The van der Waals surface area contributed by atoms with Crippen LogP contribution in [0.4, 0.5) is 11.4 Å². The van der Waals surface area contributed by atoms with Crippen molar-refractivity contribution in [2.75, 3.05) is 19.5 Å². The van der Waals surface area contributed by atoms with Gasteiger partial charge in [-0.05, 0) is 66.2 Å². The molecule has 0 aromatic heterocycles. The fourth-order valence-electron chi connectivity index (χ4n) is 3.43. The number of carbonyl (C=O) groups is 2. The number of nitrogens with one attached hydrogen (secondary N) is 1. The fraction of sp³-hybridized carbons (Fsp3) is 0.192. The van der Waals surface area contributed by atoms with E-state index >= 15 is 0 Å². The average Bonchev–Trinajstić information content (AvgIpc) is 2.88. The number of benzene rings is 3. The zero-order valence-electron chi connectivity index (χ0n) is 19.2. The molecule has 0 aliphatic carbocycles. The predicted molar refractivity (Wildman–Crippen MR) is 140 cm³/mol. The summed E-state index contributed by atoms with van der Waals surface area (Å²) in [7, 11) is 3.20. The first-order valence-electron chi connectivity index (χ1n) is 10.8. The monoisotopic (exact) mass is 509 g/mol. The van der Waals surface area contributed by atoms with Gasteiger partial charge in [0.2, 0.25) is 11.8 Å². The highest BCUT2D eigenvalue weighted by Crippen LogP contribution is 2.32.